The summed E-state index contributed by atoms with van der Waals surface area (Å²) in [5, 5.41) is 13.1. The number of anilines is 1. The summed E-state index contributed by atoms with van der Waals surface area (Å²) in [6.45, 7) is 2.74. The molecule has 0 heterocycles. The van der Waals surface area contributed by atoms with E-state index in [0.29, 0.717) is 41.0 Å². The molecule has 4 aromatic carbocycles. The number of halogens is 1. The van der Waals surface area contributed by atoms with Crippen molar-refractivity contribution in [2.45, 2.75) is 20.1 Å². The van der Waals surface area contributed by atoms with Crippen LogP contribution < -0.4 is 14.8 Å². The first-order chi connectivity index (χ1) is 18.0. The van der Waals surface area contributed by atoms with Crippen LogP contribution >= 0.6 is 11.6 Å². The lowest BCUT2D eigenvalue weighted by molar-refractivity contribution is -0.112. The number of hydrogen-bond donors (Lipinski definition) is 1. The molecule has 0 saturated carbocycles. The van der Waals surface area contributed by atoms with E-state index >= 15 is 0 Å². The lowest BCUT2D eigenvalue weighted by atomic mass is 10.1. The standard InChI is InChI=1S/C31H25ClN2O3/c1-22-10-12-23(13-11-22)20-37-30-9-5-3-6-24(30)18-26(19-33)31(35)34-27-14-16-28(17-15-27)36-21-25-7-2-4-8-29(25)32/h2-18H,20-21H2,1H3,(H,34,35)/b26-18+. The highest BCUT2D eigenvalue weighted by Gasteiger charge is 2.12. The number of ether oxygens (including phenoxy) is 2. The average molecular weight is 509 g/mol. The molecule has 0 saturated heterocycles. The molecule has 37 heavy (non-hydrogen) atoms. The molecular formula is C31H25ClN2O3. The zero-order valence-electron chi connectivity index (χ0n) is 20.3. The molecule has 0 aromatic heterocycles. The van der Waals surface area contributed by atoms with Crippen LogP contribution in [0.4, 0.5) is 5.69 Å². The molecule has 4 aromatic rings. The second-order valence-corrected chi connectivity index (χ2v) is 8.75. The number of nitriles is 1. The molecule has 0 unspecified atom stereocenters. The van der Waals surface area contributed by atoms with Crippen molar-refractivity contribution < 1.29 is 14.3 Å². The highest BCUT2D eigenvalue weighted by molar-refractivity contribution is 6.31. The van der Waals surface area contributed by atoms with E-state index in [1.807, 2.05) is 79.7 Å². The lowest BCUT2D eigenvalue weighted by Gasteiger charge is -2.11. The third-order valence-electron chi connectivity index (χ3n) is 5.56. The summed E-state index contributed by atoms with van der Waals surface area (Å²) < 4.78 is 11.8. The second-order valence-electron chi connectivity index (χ2n) is 8.34. The van der Waals surface area contributed by atoms with Crippen molar-refractivity contribution in [1.82, 2.24) is 0 Å². The summed E-state index contributed by atoms with van der Waals surface area (Å²) in [4.78, 5) is 12.8. The van der Waals surface area contributed by atoms with E-state index < -0.39 is 5.91 Å². The Kier molecular flexibility index (Phi) is 8.59. The van der Waals surface area contributed by atoms with Crippen LogP contribution in [-0.4, -0.2) is 5.91 Å². The first-order valence-electron chi connectivity index (χ1n) is 11.7. The molecule has 5 nitrogen and oxygen atoms in total. The number of carbonyl (C=O) groups is 1. The quantitative estimate of drug-likeness (QED) is 0.189. The molecule has 0 spiro atoms. The summed E-state index contributed by atoms with van der Waals surface area (Å²) >= 11 is 6.17. The Morgan fingerprint density at radius 2 is 1.59 bits per heavy atom. The van der Waals surface area contributed by atoms with Crippen molar-refractivity contribution in [3.8, 4) is 17.6 Å². The fourth-order valence-electron chi connectivity index (χ4n) is 3.49. The van der Waals surface area contributed by atoms with Crippen molar-refractivity contribution in [3.63, 3.8) is 0 Å². The predicted octanol–water partition coefficient (Wildman–Crippen LogP) is 7.35. The van der Waals surface area contributed by atoms with Crippen LogP contribution in [0.1, 0.15) is 22.3 Å². The van der Waals surface area contributed by atoms with Crippen molar-refractivity contribution in [2.24, 2.45) is 0 Å². The number of nitrogens with one attached hydrogen (secondary N) is 1. The van der Waals surface area contributed by atoms with Crippen LogP contribution in [-0.2, 0) is 18.0 Å². The minimum absolute atomic E-state index is 0.0366. The van der Waals surface area contributed by atoms with Gasteiger partial charge in [0.1, 0.15) is 36.4 Å². The molecule has 6 heteroatoms. The fourth-order valence-corrected chi connectivity index (χ4v) is 3.68. The van der Waals surface area contributed by atoms with Gasteiger partial charge in [0.15, 0.2) is 0 Å². The van der Waals surface area contributed by atoms with E-state index in [4.69, 9.17) is 21.1 Å². The van der Waals surface area contributed by atoms with Crippen LogP contribution in [0.2, 0.25) is 5.02 Å². The zero-order chi connectivity index (χ0) is 26.0. The Balaban J connectivity index is 1.40. The number of rotatable bonds is 9. The molecule has 0 aliphatic carbocycles. The van der Waals surface area contributed by atoms with Gasteiger partial charge in [0.05, 0.1) is 0 Å². The highest BCUT2D eigenvalue weighted by atomic mass is 35.5. The average Bonchev–Trinajstić information content (AvgIpc) is 2.92. The number of aryl methyl sites for hydroxylation is 1. The first kappa shape index (κ1) is 25.6. The summed E-state index contributed by atoms with van der Waals surface area (Å²) in [6, 6.07) is 31.8. The van der Waals surface area contributed by atoms with Crippen molar-refractivity contribution >= 4 is 29.3 Å². The van der Waals surface area contributed by atoms with Crippen molar-refractivity contribution in [3.05, 3.63) is 130 Å². The van der Waals surface area contributed by atoms with E-state index in [1.54, 1.807) is 30.3 Å². The number of hydrogen-bond acceptors (Lipinski definition) is 4. The molecular weight excluding hydrogens is 484 g/mol. The maximum Gasteiger partial charge on any atom is 0.266 e. The zero-order valence-corrected chi connectivity index (χ0v) is 21.0. The Morgan fingerprint density at radius 1 is 0.892 bits per heavy atom. The molecule has 4 rings (SSSR count). The molecule has 0 fully saturated rings. The second kappa shape index (κ2) is 12.4. The minimum Gasteiger partial charge on any atom is -0.489 e. The number of carbonyl (C=O) groups excluding carboxylic acids is 1. The minimum atomic E-state index is -0.513. The van der Waals surface area contributed by atoms with Gasteiger partial charge >= 0.3 is 0 Å². The molecule has 1 amide bonds. The van der Waals surface area contributed by atoms with Gasteiger partial charge in [-0.2, -0.15) is 5.26 Å². The summed E-state index contributed by atoms with van der Waals surface area (Å²) in [5.74, 6) is 0.706. The Bertz CT molecular complexity index is 1440. The molecule has 0 radical (unpaired) electrons. The van der Waals surface area contributed by atoms with Crippen LogP contribution in [0.15, 0.2) is 103 Å². The number of benzene rings is 4. The van der Waals surface area contributed by atoms with Crippen LogP contribution in [0.5, 0.6) is 11.5 Å². The van der Waals surface area contributed by atoms with Gasteiger partial charge in [0, 0.05) is 21.8 Å². The largest absolute Gasteiger partial charge is 0.489 e. The Morgan fingerprint density at radius 3 is 2.32 bits per heavy atom. The molecule has 0 aliphatic rings. The Hall–Kier alpha value is -4.53. The normalized spacial score (nSPS) is 10.9. The van der Waals surface area contributed by atoms with E-state index in [9.17, 15) is 10.1 Å². The van der Waals surface area contributed by atoms with Gasteiger partial charge in [-0.05, 0) is 55.0 Å². The van der Waals surface area contributed by atoms with E-state index in [2.05, 4.69) is 5.32 Å². The lowest BCUT2D eigenvalue weighted by Crippen LogP contribution is -2.13. The van der Waals surface area contributed by atoms with Gasteiger partial charge in [-0.25, -0.2) is 0 Å². The molecule has 0 bridgehead atoms. The van der Waals surface area contributed by atoms with Crippen LogP contribution in [0, 0.1) is 18.3 Å². The number of para-hydroxylation sites is 1. The third-order valence-corrected chi connectivity index (χ3v) is 5.93. The highest BCUT2D eigenvalue weighted by Crippen LogP contribution is 2.24. The fraction of sp³-hybridized carbons (Fsp3) is 0.0968. The third kappa shape index (κ3) is 7.23. The smallest absolute Gasteiger partial charge is 0.266 e. The van der Waals surface area contributed by atoms with Gasteiger partial charge in [-0.3, -0.25) is 4.79 Å². The maximum absolute atomic E-state index is 12.8. The first-order valence-corrected chi connectivity index (χ1v) is 12.1. The van der Waals surface area contributed by atoms with E-state index in [-0.39, 0.29) is 5.57 Å². The SMILES string of the molecule is Cc1ccc(COc2ccccc2/C=C(\C#N)C(=O)Nc2ccc(OCc3ccccc3Cl)cc2)cc1. The van der Waals surface area contributed by atoms with Crippen molar-refractivity contribution in [2.75, 3.05) is 5.32 Å². The molecule has 184 valence electrons. The van der Waals surface area contributed by atoms with E-state index in [0.717, 1.165) is 11.1 Å². The molecule has 0 atom stereocenters. The number of nitrogens with zero attached hydrogens (tertiary/aromatic N) is 1. The Labute approximate surface area is 221 Å². The van der Waals surface area contributed by atoms with Crippen molar-refractivity contribution in [1.29, 1.82) is 5.26 Å². The van der Waals surface area contributed by atoms with Gasteiger partial charge in [-0.15, -0.1) is 0 Å². The summed E-state index contributed by atoms with van der Waals surface area (Å²) in [7, 11) is 0. The summed E-state index contributed by atoms with van der Waals surface area (Å²) in [6.07, 6.45) is 1.53. The topological polar surface area (TPSA) is 71.3 Å². The predicted molar refractivity (Wildman–Crippen MR) is 146 cm³/mol. The van der Waals surface area contributed by atoms with Crippen LogP contribution in [0.3, 0.4) is 0 Å². The maximum atomic E-state index is 12.8. The van der Waals surface area contributed by atoms with Gasteiger partial charge < -0.3 is 14.8 Å². The van der Waals surface area contributed by atoms with Gasteiger partial charge in [0.2, 0.25) is 0 Å². The van der Waals surface area contributed by atoms with Crippen LogP contribution in [0.25, 0.3) is 6.08 Å². The molecule has 1 N–H and O–H groups in total. The van der Waals surface area contributed by atoms with E-state index in [1.165, 1.54) is 11.6 Å². The number of amides is 1. The summed E-state index contributed by atoms with van der Waals surface area (Å²) in [5.41, 5.74) is 4.24. The molecule has 0 aliphatic heterocycles. The van der Waals surface area contributed by atoms with Gasteiger partial charge in [0.25, 0.3) is 5.91 Å². The van der Waals surface area contributed by atoms with Gasteiger partial charge in [-0.1, -0.05) is 77.8 Å². The monoisotopic (exact) mass is 508 g/mol.